The SMILES string of the molecule is Cc1ccc(NC(=O)COC(=O)CCCC(=O)Nc2ccc(C(=O)OCC(C)C)cc2)cc1Cl. The third kappa shape index (κ3) is 9.62. The van der Waals surface area contributed by atoms with Gasteiger partial charge in [0, 0.05) is 29.2 Å². The molecule has 0 spiro atoms. The monoisotopic (exact) mass is 488 g/mol. The van der Waals surface area contributed by atoms with E-state index < -0.39 is 24.5 Å². The molecule has 0 heterocycles. The number of nitrogens with one attached hydrogen (secondary N) is 2. The molecule has 0 aliphatic rings. The zero-order valence-corrected chi connectivity index (χ0v) is 20.2. The van der Waals surface area contributed by atoms with Crippen LogP contribution in [0.4, 0.5) is 11.4 Å². The average Bonchev–Trinajstić information content (AvgIpc) is 2.79. The third-order valence-corrected chi connectivity index (χ3v) is 4.96. The van der Waals surface area contributed by atoms with E-state index in [0.717, 1.165) is 5.56 Å². The molecule has 0 aromatic heterocycles. The first-order valence-corrected chi connectivity index (χ1v) is 11.3. The van der Waals surface area contributed by atoms with Crippen molar-refractivity contribution >= 4 is 46.7 Å². The highest BCUT2D eigenvalue weighted by Gasteiger charge is 2.11. The summed E-state index contributed by atoms with van der Waals surface area (Å²) in [5, 5.41) is 5.82. The molecule has 0 atom stereocenters. The van der Waals surface area contributed by atoms with Crippen LogP contribution in [0.3, 0.4) is 0 Å². The van der Waals surface area contributed by atoms with Crippen LogP contribution in [-0.2, 0) is 23.9 Å². The molecule has 9 heteroatoms. The Morgan fingerprint density at radius 2 is 1.53 bits per heavy atom. The molecular weight excluding hydrogens is 460 g/mol. The fourth-order valence-corrected chi connectivity index (χ4v) is 2.90. The Kier molecular flexibility index (Phi) is 10.5. The maximum absolute atomic E-state index is 12.1. The van der Waals surface area contributed by atoms with Crippen molar-refractivity contribution in [3.05, 3.63) is 58.6 Å². The Labute approximate surface area is 204 Å². The number of hydrogen-bond acceptors (Lipinski definition) is 6. The number of halogens is 1. The van der Waals surface area contributed by atoms with Crippen molar-refractivity contribution in [2.24, 2.45) is 5.92 Å². The highest BCUT2D eigenvalue weighted by atomic mass is 35.5. The predicted molar refractivity (Wildman–Crippen MR) is 130 cm³/mol. The fraction of sp³-hybridized carbons (Fsp3) is 0.360. The molecule has 0 saturated carbocycles. The average molecular weight is 489 g/mol. The summed E-state index contributed by atoms with van der Waals surface area (Å²) in [5.74, 6) is -1.51. The second kappa shape index (κ2) is 13.3. The summed E-state index contributed by atoms with van der Waals surface area (Å²) < 4.78 is 10.1. The molecule has 8 nitrogen and oxygen atoms in total. The molecule has 0 saturated heterocycles. The van der Waals surface area contributed by atoms with E-state index in [1.165, 1.54) is 0 Å². The fourth-order valence-electron chi connectivity index (χ4n) is 2.72. The van der Waals surface area contributed by atoms with Crippen molar-refractivity contribution in [3.63, 3.8) is 0 Å². The van der Waals surface area contributed by atoms with Gasteiger partial charge in [-0.15, -0.1) is 0 Å². The molecule has 0 bridgehead atoms. The van der Waals surface area contributed by atoms with E-state index in [9.17, 15) is 19.2 Å². The van der Waals surface area contributed by atoms with E-state index in [-0.39, 0.29) is 31.1 Å². The molecule has 0 unspecified atom stereocenters. The van der Waals surface area contributed by atoms with Crippen LogP contribution in [0.5, 0.6) is 0 Å². The smallest absolute Gasteiger partial charge is 0.338 e. The molecule has 0 aliphatic carbocycles. The maximum atomic E-state index is 12.1. The zero-order chi connectivity index (χ0) is 25.1. The minimum absolute atomic E-state index is 0.00229. The van der Waals surface area contributed by atoms with Gasteiger partial charge < -0.3 is 20.1 Å². The summed E-state index contributed by atoms with van der Waals surface area (Å²) in [6, 6.07) is 11.4. The predicted octanol–water partition coefficient (Wildman–Crippen LogP) is 4.75. The number of benzene rings is 2. The summed E-state index contributed by atoms with van der Waals surface area (Å²) in [6.45, 7) is 5.66. The normalized spacial score (nSPS) is 10.5. The van der Waals surface area contributed by atoms with Gasteiger partial charge in [0.2, 0.25) is 5.91 Å². The molecule has 0 fully saturated rings. The van der Waals surface area contributed by atoms with Gasteiger partial charge in [-0.1, -0.05) is 31.5 Å². The number of amides is 2. The standard InChI is InChI=1S/C25H29ClN2O6/c1-16(2)14-34-25(32)18-8-11-19(12-9-18)27-22(29)5-4-6-24(31)33-15-23(30)28-20-10-7-17(3)21(26)13-20/h7-13,16H,4-6,14-15H2,1-3H3,(H,27,29)(H,28,30). The molecule has 2 aromatic carbocycles. The minimum atomic E-state index is -0.575. The van der Waals surface area contributed by atoms with Gasteiger partial charge in [0.15, 0.2) is 6.61 Å². The van der Waals surface area contributed by atoms with Gasteiger partial charge in [0.25, 0.3) is 5.91 Å². The topological polar surface area (TPSA) is 111 Å². The van der Waals surface area contributed by atoms with Gasteiger partial charge >= 0.3 is 11.9 Å². The lowest BCUT2D eigenvalue weighted by molar-refractivity contribution is -0.147. The summed E-state index contributed by atoms with van der Waals surface area (Å²) in [7, 11) is 0. The Morgan fingerprint density at radius 3 is 2.18 bits per heavy atom. The van der Waals surface area contributed by atoms with Crippen molar-refractivity contribution < 1.29 is 28.7 Å². The molecule has 2 N–H and O–H groups in total. The summed E-state index contributed by atoms with van der Waals surface area (Å²) >= 11 is 6.01. The van der Waals surface area contributed by atoms with Crippen LogP contribution in [0, 0.1) is 12.8 Å². The molecule has 2 amide bonds. The summed E-state index contributed by atoms with van der Waals surface area (Å²) in [5.41, 5.74) is 2.32. The number of esters is 2. The molecular formula is C25H29ClN2O6. The number of rotatable bonds is 11. The van der Waals surface area contributed by atoms with Gasteiger partial charge in [0.05, 0.1) is 12.2 Å². The first-order valence-electron chi connectivity index (χ1n) is 10.9. The number of carbonyl (C=O) groups excluding carboxylic acids is 4. The van der Waals surface area contributed by atoms with Gasteiger partial charge in [-0.25, -0.2) is 4.79 Å². The summed E-state index contributed by atoms with van der Waals surface area (Å²) in [4.78, 5) is 47.7. The largest absolute Gasteiger partial charge is 0.462 e. The van der Waals surface area contributed by atoms with E-state index in [1.807, 2.05) is 20.8 Å². The van der Waals surface area contributed by atoms with Crippen LogP contribution in [0.15, 0.2) is 42.5 Å². The third-order valence-electron chi connectivity index (χ3n) is 4.56. The van der Waals surface area contributed by atoms with E-state index in [0.29, 0.717) is 28.6 Å². The van der Waals surface area contributed by atoms with Crippen LogP contribution in [0.2, 0.25) is 5.02 Å². The number of carbonyl (C=O) groups is 4. The van der Waals surface area contributed by atoms with Gasteiger partial charge in [-0.2, -0.15) is 0 Å². The zero-order valence-electron chi connectivity index (χ0n) is 19.5. The Morgan fingerprint density at radius 1 is 0.882 bits per heavy atom. The number of aryl methyl sites for hydroxylation is 1. The van der Waals surface area contributed by atoms with Crippen molar-refractivity contribution in [3.8, 4) is 0 Å². The number of ether oxygens (including phenoxy) is 2. The Hall–Kier alpha value is -3.39. The van der Waals surface area contributed by atoms with Crippen molar-refractivity contribution in [2.45, 2.75) is 40.0 Å². The highest BCUT2D eigenvalue weighted by molar-refractivity contribution is 6.31. The quantitative estimate of drug-likeness (QED) is 0.441. The second-order valence-electron chi connectivity index (χ2n) is 8.14. The Balaban J connectivity index is 1.65. The molecule has 182 valence electrons. The van der Waals surface area contributed by atoms with Crippen LogP contribution < -0.4 is 10.6 Å². The van der Waals surface area contributed by atoms with Crippen LogP contribution >= 0.6 is 11.6 Å². The Bertz CT molecular complexity index is 1020. The highest BCUT2D eigenvalue weighted by Crippen LogP contribution is 2.20. The van der Waals surface area contributed by atoms with Crippen molar-refractivity contribution in [1.29, 1.82) is 0 Å². The lowest BCUT2D eigenvalue weighted by Gasteiger charge is -2.09. The van der Waals surface area contributed by atoms with E-state index in [4.69, 9.17) is 21.1 Å². The minimum Gasteiger partial charge on any atom is -0.462 e. The number of hydrogen-bond donors (Lipinski definition) is 2. The van der Waals surface area contributed by atoms with E-state index in [2.05, 4.69) is 10.6 Å². The van der Waals surface area contributed by atoms with Crippen LogP contribution in [0.25, 0.3) is 0 Å². The molecule has 0 aliphatic heterocycles. The molecule has 2 rings (SSSR count). The first-order chi connectivity index (χ1) is 16.1. The van der Waals surface area contributed by atoms with Crippen molar-refractivity contribution in [1.82, 2.24) is 0 Å². The lowest BCUT2D eigenvalue weighted by Crippen LogP contribution is -2.21. The van der Waals surface area contributed by atoms with Gasteiger partial charge in [0.1, 0.15) is 0 Å². The lowest BCUT2D eigenvalue weighted by atomic mass is 10.2. The molecule has 0 radical (unpaired) electrons. The van der Waals surface area contributed by atoms with E-state index in [1.54, 1.807) is 42.5 Å². The summed E-state index contributed by atoms with van der Waals surface area (Å²) in [6.07, 6.45) is 0.360. The van der Waals surface area contributed by atoms with Gasteiger partial charge in [-0.05, 0) is 61.2 Å². The number of anilines is 2. The maximum Gasteiger partial charge on any atom is 0.338 e. The van der Waals surface area contributed by atoms with E-state index >= 15 is 0 Å². The van der Waals surface area contributed by atoms with Crippen molar-refractivity contribution in [2.75, 3.05) is 23.8 Å². The molecule has 2 aromatic rings. The molecule has 34 heavy (non-hydrogen) atoms. The first kappa shape index (κ1) is 26.9. The second-order valence-corrected chi connectivity index (χ2v) is 8.55. The van der Waals surface area contributed by atoms with Crippen LogP contribution in [-0.4, -0.2) is 37.0 Å². The van der Waals surface area contributed by atoms with Gasteiger partial charge in [-0.3, -0.25) is 14.4 Å². The van der Waals surface area contributed by atoms with Crippen LogP contribution in [0.1, 0.15) is 49.0 Å².